The number of anilines is 1. The number of carbonyl (C=O) groups excluding carboxylic acids is 1. The summed E-state index contributed by atoms with van der Waals surface area (Å²) in [5.41, 5.74) is -0.0584. The Morgan fingerprint density at radius 3 is 2.65 bits per heavy atom. The van der Waals surface area contributed by atoms with E-state index in [4.69, 9.17) is 5.11 Å². The summed E-state index contributed by atoms with van der Waals surface area (Å²) in [4.78, 5) is 22.8. The van der Waals surface area contributed by atoms with Gasteiger partial charge in [-0.1, -0.05) is 6.07 Å². The lowest BCUT2D eigenvalue weighted by molar-refractivity contribution is -0.117. The predicted octanol–water partition coefficient (Wildman–Crippen LogP) is 2.56. The van der Waals surface area contributed by atoms with Gasteiger partial charge in [-0.05, 0) is 42.4 Å². The van der Waals surface area contributed by atoms with E-state index in [0.29, 0.717) is 12.3 Å². The van der Waals surface area contributed by atoms with Crippen LogP contribution in [0, 0.1) is 5.92 Å². The molecule has 1 aliphatic heterocycles. The van der Waals surface area contributed by atoms with Crippen LogP contribution in [0.1, 0.15) is 29.6 Å². The number of hydrogen-bond acceptors (Lipinski definition) is 4. The molecule has 0 unspecified atom stereocenters. The zero-order valence-electron chi connectivity index (χ0n) is 11.0. The molecule has 20 heavy (non-hydrogen) atoms. The molecule has 5 nitrogen and oxygen atoms in total. The quantitative estimate of drug-likeness (QED) is 0.743. The van der Waals surface area contributed by atoms with Crippen LogP contribution < -0.4 is 5.32 Å². The number of para-hydroxylation sites is 1. The van der Waals surface area contributed by atoms with Crippen molar-refractivity contribution in [2.75, 3.05) is 16.8 Å². The number of benzene rings is 1. The number of rotatable bonds is 4. The number of nitrogens with one attached hydrogen (secondary N) is 1. The van der Waals surface area contributed by atoms with E-state index in [-0.39, 0.29) is 17.2 Å². The molecule has 1 amide bonds. The minimum Gasteiger partial charge on any atom is -0.505 e. The van der Waals surface area contributed by atoms with Crippen molar-refractivity contribution in [1.82, 2.24) is 0 Å². The maximum atomic E-state index is 11.9. The molecule has 1 saturated heterocycles. The zero-order valence-corrected chi connectivity index (χ0v) is 11.8. The van der Waals surface area contributed by atoms with Gasteiger partial charge in [0, 0.05) is 6.42 Å². The topological polar surface area (TPSA) is 86.6 Å². The highest BCUT2D eigenvalue weighted by Crippen LogP contribution is 2.29. The van der Waals surface area contributed by atoms with Crippen LogP contribution in [0.25, 0.3) is 0 Å². The molecule has 1 heterocycles. The Hall–Kier alpha value is -1.69. The van der Waals surface area contributed by atoms with Gasteiger partial charge in [0.25, 0.3) is 0 Å². The van der Waals surface area contributed by atoms with Crippen LogP contribution >= 0.6 is 11.8 Å². The minimum absolute atomic E-state index is 0.153. The molecular formula is C14H17NO4S. The Morgan fingerprint density at radius 1 is 1.30 bits per heavy atom. The predicted molar refractivity (Wildman–Crippen MR) is 78.4 cm³/mol. The highest BCUT2D eigenvalue weighted by Gasteiger charge is 2.19. The smallest absolute Gasteiger partial charge is 0.339 e. The highest BCUT2D eigenvalue weighted by molar-refractivity contribution is 7.99. The first-order chi connectivity index (χ1) is 9.58. The van der Waals surface area contributed by atoms with Gasteiger partial charge in [0.05, 0.1) is 5.69 Å². The summed E-state index contributed by atoms with van der Waals surface area (Å²) in [6.45, 7) is 0. The zero-order chi connectivity index (χ0) is 14.5. The van der Waals surface area contributed by atoms with Crippen molar-refractivity contribution in [1.29, 1.82) is 0 Å². The number of aromatic carboxylic acids is 1. The summed E-state index contributed by atoms with van der Waals surface area (Å²) in [5, 5.41) is 21.3. The van der Waals surface area contributed by atoms with Gasteiger partial charge in [0.15, 0.2) is 5.75 Å². The first-order valence-electron chi connectivity index (χ1n) is 6.51. The van der Waals surface area contributed by atoms with Crippen LogP contribution in [0.3, 0.4) is 0 Å². The van der Waals surface area contributed by atoms with Gasteiger partial charge < -0.3 is 15.5 Å². The van der Waals surface area contributed by atoms with E-state index in [1.54, 1.807) is 0 Å². The largest absolute Gasteiger partial charge is 0.505 e. The van der Waals surface area contributed by atoms with E-state index in [1.807, 2.05) is 11.8 Å². The van der Waals surface area contributed by atoms with Crippen LogP contribution in [-0.4, -0.2) is 33.6 Å². The van der Waals surface area contributed by atoms with E-state index in [0.717, 1.165) is 24.3 Å². The molecule has 108 valence electrons. The fourth-order valence-electron chi connectivity index (χ4n) is 2.23. The van der Waals surface area contributed by atoms with E-state index in [1.165, 1.54) is 18.2 Å². The average molecular weight is 295 g/mol. The summed E-state index contributed by atoms with van der Waals surface area (Å²) in [7, 11) is 0. The Balaban J connectivity index is 2.00. The lowest BCUT2D eigenvalue weighted by Gasteiger charge is -2.20. The maximum Gasteiger partial charge on any atom is 0.339 e. The molecule has 0 atom stereocenters. The molecule has 3 N–H and O–H groups in total. The Bertz CT molecular complexity index is 512. The van der Waals surface area contributed by atoms with Crippen molar-refractivity contribution in [3.63, 3.8) is 0 Å². The number of aromatic hydroxyl groups is 1. The van der Waals surface area contributed by atoms with Crippen LogP contribution in [0.15, 0.2) is 18.2 Å². The molecule has 0 bridgehead atoms. The fraction of sp³-hybridized carbons (Fsp3) is 0.429. The summed E-state index contributed by atoms with van der Waals surface area (Å²) < 4.78 is 0. The summed E-state index contributed by atoms with van der Waals surface area (Å²) >= 11 is 1.90. The second kappa shape index (κ2) is 6.65. The lowest BCUT2D eigenvalue weighted by atomic mass is 9.98. The van der Waals surface area contributed by atoms with Crippen LogP contribution in [-0.2, 0) is 4.79 Å². The van der Waals surface area contributed by atoms with E-state index >= 15 is 0 Å². The van der Waals surface area contributed by atoms with Gasteiger partial charge >= 0.3 is 5.97 Å². The van der Waals surface area contributed by atoms with Gasteiger partial charge in [0.2, 0.25) is 5.91 Å². The van der Waals surface area contributed by atoms with Gasteiger partial charge in [-0.15, -0.1) is 0 Å². The third-order valence-electron chi connectivity index (χ3n) is 3.36. The number of carbonyl (C=O) groups is 2. The van der Waals surface area contributed by atoms with Crippen LogP contribution in [0.5, 0.6) is 5.75 Å². The van der Waals surface area contributed by atoms with Crippen molar-refractivity contribution < 1.29 is 19.8 Å². The molecule has 0 aliphatic carbocycles. The Kier molecular flexibility index (Phi) is 4.89. The van der Waals surface area contributed by atoms with E-state index in [9.17, 15) is 14.7 Å². The number of amides is 1. The summed E-state index contributed by atoms with van der Waals surface area (Å²) in [6, 6.07) is 4.29. The second-order valence-corrected chi connectivity index (χ2v) is 6.04. The molecule has 0 saturated carbocycles. The molecule has 1 aromatic rings. The molecule has 6 heteroatoms. The molecule has 1 aromatic carbocycles. The van der Waals surface area contributed by atoms with Gasteiger partial charge in [-0.3, -0.25) is 4.79 Å². The SMILES string of the molecule is O=C(CC1CCSCC1)Nc1cccc(C(=O)O)c1O. The first kappa shape index (κ1) is 14.7. The molecule has 0 spiro atoms. The fourth-order valence-corrected chi connectivity index (χ4v) is 3.44. The number of phenols is 1. The molecule has 1 aliphatic rings. The first-order valence-corrected chi connectivity index (χ1v) is 7.66. The van der Waals surface area contributed by atoms with Crippen molar-refractivity contribution >= 4 is 29.3 Å². The molecule has 1 fully saturated rings. The van der Waals surface area contributed by atoms with Crippen molar-refractivity contribution in [3.8, 4) is 5.75 Å². The van der Waals surface area contributed by atoms with Gasteiger partial charge in [0.1, 0.15) is 5.56 Å². The average Bonchev–Trinajstić information content (AvgIpc) is 2.42. The third-order valence-corrected chi connectivity index (χ3v) is 4.40. The van der Waals surface area contributed by atoms with E-state index < -0.39 is 11.7 Å². The standard InChI is InChI=1S/C14H17NO4S/c16-12(8-9-4-6-20-7-5-9)15-11-3-1-2-10(13(11)17)14(18)19/h1-3,9,17H,4-8H2,(H,15,16)(H,18,19). The van der Waals surface area contributed by atoms with Gasteiger partial charge in [-0.2, -0.15) is 11.8 Å². The Labute approximate surface area is 121 Å². The van der Waals surface area contributed by atoms with Gasteiger partial charge in [-0.25, -0.2) is 4.79 Å². The number of carboxylic acids is 1. The number of thioether (sulfide) groups is 1. The third kappa shape index (κ3) is 3.66. The van der Waals surface area contributed by atoms with E-state index in [2.05, 4.69) is 5.32 Å². The van der Waals surface area contributed by atoms with Crippen molar-refractivity contribution in [2.24, 2.45) is 5.92 Å². The molecular weight excluding hydrogens is 278 g/mol. The maximum absolute atomic E-state index is 11.9. The minimum atomic E-state index is -1.22. The molecule has 0 aromatic heterocycles. The summed E-state index contributed by atoms with van der Waals surface area (Å²) in [5.74, 6) is 0.742. The van der Waals surface area contributed by atoms with Crippen molar-refractivity contribution in [2.45, 2.75) is 19.3 Å². The number of carboxylic acid groups (broad SMARTS) is 1. The summed E-state index contributed by atoms with van der Waals surface area (Å²) in [6.07, 6.45) is 2.47. The monoisotopic (exact) mass is 295 g/mol. The highest BCUT2D eigenvalue weighted by atomic mass is 32.2. The van der Waals surface area contributed by atoms with Crippen molar-refractivity contribution in [3.05, 3.63) is 23.8 Å². The Morgan fingerprint density at radius 2 is 2.00 bits per heavy atom. The lowest BCUT2D eigenvalue weighted by Crippen LogP contribution is -2.19. The van der Waals surface area contributed by atoms with Crippen LogP contribution in [0.4, 0.5) is 5.69 Å². The number of hydrogen-bond donors (Lipinski definition) is 3. The molecule has 0 radical (unpaired) electrons. The van der Waals surface area contributed by atoms with Crippen LogP contribution in [0.2, 0.25) is 0 Å². The second-order valence-electron chi connectivity index (χ2n) is 4.81. The molecule has 2 rings (SSSR count). The normalized spacial score (nSPS) is 15.8.